The summed E-state index contributed by atoms with van der Waals surface area (Å²) < 4.78 is 7.21. The molecule has 2 aromatic rings. The monoisotopic (exact) mass is 279 g/mol. The smallest absolute Gasteiger partial charge is 0.125 e. The van der Waals surface area contributed by atoms with Gasteiger partial charge in [-0.05, 0) is 32.9 Å². The molecule has 0 spiro atoms. The number of hydrogen-bond acceptors (Lipinski definition) is 3. The zero-order valence-corrected chi connectivity index (χ0v) is 12.3. The molecule has 0 bridgehead atoms. The van der Waals surface area contributed by atoms with Crippen LogP contribution < -0.4 is 10.5 Å². The molecule has 1 heterocycles. The lowest BCUT2D eigenvalue weighted by atomic mass is 10.1. The SMILES string of the molecule is COc1cccc(-n2nc(C)c(Cl)c2C)c1[C@H](C)N. The number of hydrogen-bond donors (Lipinski definition) is 1. The van der Waals surface area contributed by atoms with Crippen molar-refractivity contribution < 1.29 is 4.74 Å². The average molecular weight is 280 g/mol. The summed E-state index contributed by atoms with van der Waals surface area (Å²) in [5, 5.41) is 5.15. The number of halogens is 1. The second-order valence-corrected chi connectivity index (χ2v) is 4.96. The summed E-state index contributed by atoms with van der Waals surface area (Å²) in [4.78, 5) is 0. The second kappa shape index (κ2) is 5.23. The molecule has 2 N–H and O–H groups in total. The quantitative estimate of drug-likeness (QED) is 0.939. The van der Waals surface area contributed by atoms with Crippen LogP contribution in [0.1, 0.15) is 29.9 Å². The number of benzene rings is 1. The Bertz CT molecular complexity index is 605. The Morgan fingerprint density at radius 3 is 2.53 bits per heavy atom. The van der Waals surface area contributed by atoms with Crippen LogP contribution in [0.2, 0.25) is 5.02 Å². The minimum atomic E-state index is -0.158. The summed E-state index contributed by atoms with van der Waals surface area (Å²) in [6.07, 6.45) is 0. The fourth-order valence-electron chi connectivity index (χ4n) is 2.21. The molecule has 0 aliphatic carbocycles. The number of nitrogens with two attached hydrogens (primary N) is 1. The predicted octanol–water partition coefficient (Wildman–Crippen LogP) is 3.17. The van der Waals surface area contributed by atoms with Crippen LogP contribution in [0.25, 0.3) is 5.69 Å². The van der Waals surface area contributed by atoms with Crippen LogP contribution in [-0.2, 0) is 0 Å². The first kappa shape index (κ1) is 13.9. The van der Waals surface area contributed by atoms with Gasteiger partial charge in [-0.15, -0.1) is 0 Å². The molecular weight excluding hydrogens is 262 g/mol. The molecule has 5 heteroatoms. The number of ether oxygens (including phenoxy) is 1. The van der Waals surface area contributed by atoms with Gasteiger partial charge in [-0.3, -0.25) is 0 Å². The van der Waals surface area contributed by atoms with Crippen molar-refractivity contribution in [1.82, 2.24) is 9.78 Å². The van der Waals surface area contributed by atoms with Gasteiger partial charge in [0, 0.05) is 11.6 Å². The van der Waals surface area contributed by atoms with E-state index in [2.05, 4.69) is 5.10 Å². The molecule has 0 saturated heterocycles. The van der Waals surface area contributed by atoms with Crippen LogP contribution in [0.5, 0.6) is 5.75 Å². The van der Waals surface area contributed by atoms with E-state index in [-0.39, 0.29) is 6.04 Å². The third-order valence-electron chi connectivity index (χ3n) is 3.15. The van der Waals surface area contributed by atoms with Gasteiger partial charge in [0.1, 0.15) is 5.75 Å². The molecule has 0 aliphatic heterocycles. The third kappa shape index (κ3) is 2.33. The zero-order valence-electron chi connectivity index (χ0n) is 11.6. The van der Waals surface area contributed by atoms with Crippen LogP contribution in [0, 0.1) is 13.8 Å². The largest absolute Gasteiger partial charge is 0.496 e. The minimum Gasteiger partial charge on any atom is -0.496 e. The Labute approximate surface area is 118 Å². The first-order valence-corrected chi connectivity index (χ1v) is 6.49. The van der Waals surface area contributed by atoms with Gasteiger partial charge in [0.2, 0.25) is 0 Å². The molecule has 0 aliphatic rings. The van der Waals surface area contributed by atoms with Crippen molar-refractivity contribution >= 4 is 11.6 Å². The first-order chi connectivity index (χ1) is 8.97. The molecule has 1 aromatic heterocycles. The van der Waals surface area contributed by atoms with Gasteiger partial charge >= 0.3 is 0 Å². The third-order valence-corrected chi connectivity index (χ3v) is 3.70. The van der Waals surface area contributed by atoms with Gasteiger partial charge in [-0.25, -0.2) is 4.68 Å². The number of methoxy groups -OCH3 is 1. The van der Waals surface area contributed by atoms with Crippen LogP contribution >= 0.6 is 11.6 Å². The molecule has 0 saturated carbocycles. The van der Waals surface area contributed by atoms with Gasteiger partial charge < -0.3 is 10.5 Å². The van der Waals surface area contributed by atoms with E-state index in [0.29, 0.717) is 5.02 Å². The maximum absolute atomic E-state index is 6.21. The number of nitrogens with zero attached hydrogens (tertiary/aromatic N) is 2. The highest BCUT2D eigenvalue weighted by atomic mass is 35.5. The lowest BCUT2D eigenvalue weighted by Crippen LogP contribution is -2.13. The summed E-state index contributed by atoms with van der Waals surface area (Å²) in [5.41, 5.74) is 9.60. The van der Waals surface area contributed by atoms with Gasteiger partial charge in [0.05, 0.1) is 29.2 Å². The molecule has 4 nitrogen and oxygen atoms in total. The van der Waals surface area contributed by atoms with Gasteiger partial charge in [-0.1, -0.05) is 17.7 Å². The number of aromatic nitrogens is 2. The van der Waals surface area contributed by atoms with Gasteiger partial charge in [0.15, 0.2) is 0 Å². The van der Waals surface area contributed by atoms with Gasteiger partial charge in [-0.2, -0.15) is 5.10 Å². The minimum absolute atomic E-state index is 0.158. The normalized spacial score (nSPS) is 12.5. The Kier molecular flexibility index (Phi) is 3.83. The van der Waals surface area contributed by atoms with Crippen molar-refractivity contribution in [3.05, 3.63) is 40.2 Å². The molecule has 102 valence electrons. The van der Waals surface area contributed by atoms with Crippen molar-refractivity contribution in [3.8, 4) is 11.4 Å². The highest BCUT2D eigenvalue weighted by Crippen LogP contribution is 2.32. The molecule has 0 radical (unpaired) electrons. The Morgan fingerprint density at radius 1 is 1.37 bits per heavy atom. The highest BCUT2D eigenvalue weighted by molar-refractivity contribution is 6.31. The molecule has 1 atom stereocenters. The van der Waals surface area contributed by atoms with Crippen molar-refractivity contribution in [2.24, 2.45) is 5.73 Å². The molecule has 0 amide bonds. The Hall–Kier alpha value is -1.52. The standard InChI is InChI=1S/C14H18ClN3O/c1-8(16)13-11(6-5-7-12(13)19-4)18-10(3)14(15)9(2)17-18/h5-8H,16H2,1-4H3/t8-/m0/s1. The maximum atomic E-state index is 6.21. The highest BCUT2D eigenvalue weighted by Gasteiger charge is 2.18. The Balaban J connectivity index is 2.71. The Morgan fingerprint density at radius 2 is 2.05 bits per heavy atom. The lowest BCUT2D eigenvalue weighted by molar-refractivity contribution is 0.406. The van der Waals surface area contributed by atoms with E-state index in [9.17, 15) is 0 Å². The van der Waals surface area contributed by atoms with E-state index in [1.54, 1.807) is 7.11 Å². The summed E-state index contributed by atoms with van der Waals surface area (Å²) >= 11 is 6.21. The van der Waals surface area contributed by atoms with Gasteiger partial charge in [0.25, 0.3) is 0 Å². The maximum Gasteiger partial charge on any atom is 0.125 e. The van der Waals surface area contributed by atoms with E-state index in [0.717, 1.165) is 28.4 Å². The van der Waals surface area contributed by atoms with Crippen molar-refractivity contribution in [1.29, 1.82) is 0 Å². The molecule has 0 fully saturated rings. The molecule has 1 aromatic carbocycles. The molecule has 19 heavy (non-hydrogen) atoms. The number of aryl methyl sites for hydroxylation is 1. The van der Waals surface area contributed by atoms with E-state index in [1.807, 2.05) is 43.7 Å². The molecular formula is C14H18ClN3O. The summed E-state index contributed by atoms with van der Waals surface area (Å²) in [5.74, 6) is 0.760. The fourth-order valence-corrected chi connectivity index (χ4v) is 2.33. The lowest BCUT2D eigenvalue weighted by Gasteiger charge is -2.17. The summed E-state index contributed by atoms with van der Waals surface area (Å²) in [7, 11) is 1.64. The van der Waals surface area contributed by atoms with Crippen molar-refractivity contribution in [3.63, 3.8) is 0 Å². The van der Waals surface area contributed by atoms with Crippen LogP contribution in [-0.4, -0.2) is 16.9 Å². The number of rotatable bonds is 3. The van der Waals surface area contributed by atoms with E-state index in [1.165, 1.54) is 0 Å². The van der Waals surface area contributed by atoms with E-state index >= 15 is 0 Å². The van der Waals surface area contributed by atoms with E-state index in [4.69, 9.17) is 22.1 Å². The second-order valence-electron chi connectivity index (χ2n) is 4.58. The zero-order chi connectivity index (χ0) is 14.2. The topological polar surface area (TPSA) is 53.1 Å². The van der Waals surface area contributed by atoms with Crippen LogP contribution in [0.15, 0.2) is 18.2 Å². The molecule has 2 rings (SSSR count). The van der Waals surface area contributed by atoms with Crippen LogP contribution in [0.4, 0.5) is 0 Å². The predicted molar refractivity (Wildman–Crippen MR) is 77.2 cm³/mol. The summed E-state index contributed by atoms with van der Waals surface area (Å²) in [6, 6.07) is 5.63. The van der Waals surface area contributed by atoms with Crippen molar-refractivity contribution in [2.45, 2.75) is 26.8 Å². The average Bonchev–Trinajstić information content (AvgIpc) is 2.65. The first-order valence-electron chi connectivity index (χ1n) is 6.12. The molecule has 0 unspecified atom stereocenters. The van der Waals surface area contributed by atoms with Crippen molar-refractivity contribution in [2.75, 3.05) is 7.11 Å². The van der Waals surface area contributed by atoms with E-state index < -0.39 is 0 Å². The summed E-state index contributed by atoms with van der Waals surface area (Å²) in [6.45, 7) is 5.75. The van der Waals surface area contributed by atoms with Crippen LogP contribution in [0.3, 0.4) is 0 Å². The fraction of sp³-hybridized carbons (Fsp3) is 0.357.